The normalized spacial score (nSPS) is 16.2. The number of carbonyl (C=O) groups is 1. The fourth-order valence-electron chi connectivity index (χ4n) is 3.24. The molecule has 0 aliphatic carbocycles. The van der Waals surface area contributed by atoms with Crippen LogP contribution in [0.1, 0.15) is 17.7 Å². The van der Waals surface area contributed by atoms with E-state index in [2.05, 4.69) is 14.8 Å². The lowest BCUT2D eigenvalue weighted by Gasteiger charge is -2.36. The van der Waals surface area contributed by atoms with Gasteiger partial charge in [-0.25, -0.2) is 0 Å². The Hall–Kier alpha value is -2.35. The van der Waals surface area contributed by atoms with E-state index in [0.29, 0.717) is 36.2 Å². The molecule has 3 rings (SSSR count). The van der Waals surface area contributed by atoms with Crippen LogP contribution in [0.15, 0.2) is 24.3 Å². The Bertz CT molecular complexity index is 815. The van der Waals surface area contributed by atoms with Gasteiger partial charge in [0.1, 0.15) is 0 Å². The van der Waals surface area contributed by atoms with Crippen molar-refractivity contribution in [2.24, 2.45) is 0 Å². The first-order valence-corrected chi connectivity index (χ1v) is 8.42. The first-order valence-electron chi connectivity index (χ1n) is 8.42. The molecule has 0 saturated carbocycles. The van der Waals surface area contributed by atoms with E-state index in [-0.39, 0.29) is 6.42 Å². The minimum absolute atomic E-state index is 0.109. The summed E-state index contributed by atoms with van der Waals surface area (Å²) < 4.78 is 38.9. The molecule has 1 N–H and O–H groups in total. The third-order valence-electron chi connectivity index (χ3n) is 4.60. The summed E-state index contributed by atoms with van der Waals surface area (Å²) in [6, 6.07) is 5.56. The van der Waals surface area contributed by atoms with Crippen LogP contribution in [-0.4, -0.2) is 53.7 Å². The molecule has 1 fully saturated rings. The van der Waals surface area contributed by atoms with Crippen LogP contribution in [0.5, 0.6) is 0 Å². The third-order valence-corrected chi connectivity index (χ3v) is 4.60. The van der Waals surface area contributed by atoms with Gasteiger partial charge in [-0.2, -0.15) is 13.2 Å². The highest BCUT2D eigenvalue weighted by Crippen LogP contribution is 2.34. The van der Waals surface area contributed by atoms with Gasteiger partial charge in [0.2, 0.25) is 0 Å². The number of aryl methyl sites for hydroxylation is 1. The second-order valence-corrected chi connectivity index (χ2v) is 6.48. The molecule has 26 heavy (non-hydrogen) atoms. The summed E-state index contributed by atoms with van der Waals surface area (Å²) in [5.41, 5.74) is 1.18. The molecule has 1 aliphatic rings. The van der Waals surface area contributed by atoms with Crippen LogP contribution in [0.2, 0.25) is 0 Å². The molecule has 1 aromatic heterocycles. The third kappa shape index (κ3) is 4.07. The van der Waals surface area contributed by atoms with Crippen LogP contribution in [0.4, 0.5) is 18.9 Å². The lowest BCUT2D eigenvalue weighted by atomic mass is 10.1. The zero-order valence-electron chi connectivity index (χ0n) is 14.4. The molecular formula is C18H20F3N3O2. The quantitative estimate of drug-likeness (QED) is 0.900. The minimum atomic E-state index is -4.39. The average molecular weight is 367 g/mol. The molecule has 0 radical (unpaired) electrons. The van der Waals surface area contributed by atoms with Crippen molar-refractivity contribution in [1.82, 2.24) is 9.88 Å². The first kappa shape index (κ1) is 18.4. The van der Waals surface area contributed by atoms with Crippen molar-refractivity contribution in [3.8, 4) is 0 Å². The number of alkyl halides is 3. The van der Waals surface area contributed by atoms with Gasteiger partial charge in [-0.1, -0.05) is 6.07 Å². The monoisotopic (exact) mass is 367 g/mol. The van der Waals surface area contributed by atoms with Crippen molar-refractivity contribution in [3.05, 3.63) is 35.5 Å². The van der Waals surface area contributed by atoms with Gasteiger partial charge in [0.25, 0.3) is 0 Å². The molecule has 0 atom stereocenters. The van der Waals surface area contributed by atoms with E-state index in [1.54, 1.807) is 6.92 Å². The topological polar surface area (TPSA) is 56.7 Å². The Kier molecular flexibility index (Phi) is 5.04. The molecule has 0 spiro atoms. The Balaban J connectivity index is 1.83. The van der Waals surface area contributed by atoms with Gasteiger partial charge in [-0.3, -0.25) is 14.7 Å². The lowest BCUT2D eigenvalue weighted by Crippen LogP contribution is -2.47. The van der Waals surface area contributed by atoms with Crippen molar-refractivity contribution in [1.29, 1.82) is 0 Å². The fourth-order valence-corrected chi connectivity index (χ4v) is 3.24. The second-order valence-electron chi connectivity index (χ2n) is 6.48. The van der Waals surface area contributed by atoms with Crippen molar-refractivity contribution in [2.75, 3.05) is 37.6 Å². The molecule has 2 aromatic rings. The van der Waals surface area contributed by atoms with Crippen molar-refractivity contribution < 1.29 is 23.1 Å². The summed E-state index contributed by atoms with van der Waals surface area (Å²) >= 11 is 0. The van der Waals surface area contributed by atoms with Crippen LogP contribution < -0.4 is 4.90 Å². The second kappa shape index (κ2) is 7.11. The summed E-state index contributed by atoms with van der Waals surface area (Å²) in [5, 5.41) is 9.48. The average Bonchev–Trinajstić information content (AvgIpc) is 2.58. The zero-order valence-corrected chi connectivity index (χ0v) is 14.4. The summed E-state index contributed by atoms with van der Waals surface area (Å²) in [7, 11) is 0. The number of piperazine rings is 1. The summed E-state index contributed by atoms with van der Waals surface area (Å²) in [6.45, 7) is 5.10. The van der Waals surface area contributed by atoms with E-state index in [1.807, 2.05) is 6.07 Å². The number of carboxylic acids is 1. The van der Waals surface area contributed by atoms with E-state index < -0.39 is 17.7 Å². The number of rotatable bonds is 4. The molecular weight excluding hydrogens is 347 g/mol. The molecule has 0 bridgehead atoms. The fraction of sp³-hybridized carbons (Fsp3) is 0.444. The van der Waals surface area contributed by atoms with Gasteiger partial charge < -0.3 is 10.0 Å². The molecule has 1 saturated heterocycles. The van der Waals surface area contributed by atoms with Gasteiger partial charge in [0.15, 0.2) is 0 Å². The summed E-state index contributed by atoms with van der Waals surface area (Å²) in [4.78, 5) is 19.2. The maximum absolute atomic E-state index is 13.0. The van der Waals surface area contributed by atoms with Gasteiger partial charge in [-0.15, -0.1) is 0 Å². The number of pyridine rings is 1. The van der Waals surface area contributed by atoms with Crippen molar-refractivity contribution >= 4 is 22.6 Å². The number of fused-ring (bicyclic) bond motifs is 1. The molecule has 0 amide bonds. The lowest BCUT2D eigenvalue weighted by molar-refractivity contribution is -0.138. The van der Waals surface area contributed by atoms with Gasteiger partial charge >= 0.3 is 12.1 Å². The predicted octanol–water partition coefficient (Wildman–Crippen LogP) is 3.16. The highest BCUT2D eigenvalue weighted by atomic mass is 19.4. The number of benzene rings is 1. The Morgan fingerprint density at radius 2 is 1.88 bits per heavy atom. The van der Waals surface area contributed by atoms with Crippen LogP contribution in [0, 0.1) is 6.92 Å². The largest absolute Gasteiger partial charge is 0.481 e. The number of anilines is 1. The van der Waals surface area contributed by atoms with Crippen LogP contribution in [0.3, 0.4) is 0 Å². The summed E-state index contributed by atoms with van der Waals surface area (Å²) in [5.74, 6) is -0.816. The van der Waals surface area contributed by atoms with E-state index in [4.69, 9.17) is 5.11 Å². The minimum Gasteiger partial charge on any atom is -0.481 e. The van der Waals surface area contributed by atoms with E-state index in [9.17, 15) is 18.0 Å². The number of nitrogens with zero attached hydrogens (tertiary/aromatic N) is 3. The predicted molar refractivity (Wildman–Crippen MR) is 92.4 cm³/mol. The molecule has 0 unspecified atom stereocenters. The van der Waals surface area contributed by atoms with Crippen LogP contribution >= 0.6 is 0 Å². The Labute approximate surface area is 149 Å². The molecule has 140 valence electrons. The van der Waals surface area contributed by atoms with Gasteiger partial charge in [-0.05, 0) is 25.1 Å². The maximum Gasteiger partial charge on any atom is 0.416 e. The number of hydrogen-bond donors (Lipinski definition) is 1. The van der Waals surface area contributed by atoms with Crippen LogP contribution in [-0.2, 0) is 11.0 Å². The standard InChI is InChI=1S/C18H20F3N3O2/c1-12-10-16(24-8-6-23(7-9-24)5-4-17(25)26)14-3-2-13(18(19,20)21)11-15(14)22-12/h2-3,10-11H,4-9H2,1H3,(H,25,26). The van der Waals surface area contributed by atoms with E-state index in [1.165, 1.54) is 6.07 Å². The Morgan fingerprint density at radius 3 is 2.50 bits per heavy atom. The number of hydrogen-bond acceptors (Lipinski definition) is 4. The van der Waals surface area contributed by atoms with Crippen molar-refractivity contribution in [3.63, 3.8) is 0 Å². The SMILES string of the molecule is Cc1cc(N2CCN(CCC(=O)O)CC2)c2ccc(C(F)(F)F)cc2n1. The molecule has 1 aliphatic heterocycles. The molecule has 1 aromatic carbocycles. The molecule has 2 heterocycles. The zero-order chi connectivity index (χ0) is 18.9. The summed E-state index contributed by atoms with van der Waals surface area (Å²) in [6.07, 6.45) is -4.28. The van der Waals surface area contributed by atoms with Gasteiger partial charge in [0.05, 0.1) is 17.5 Å². The number of aromatic nitrogens is 1. The van der Waals surface area contributed by atoms with E-state index >= 15 is 0 Å². The first-order chi connectivity index (χ1) is 12.2. The number of carboxylic acid groups (broad SMARTS) is 1. The van der Waals surface area contributed by atoms with Crippen molar-refractivity contribution in [2.45, 2.75) is 19.5 Å². The maximum atomic E-state index is 13.0. The van der Waals surface area contributed by atoms with E-state index in [0.717, 1.165) is 30.9 Å². The Morgan fingerprint density at radius 1 is 1.19 bits per heavy atom. The highest BCUT2D eigenvalue weighted by Gasteiger charge is 2.31. The number of halogens is 3. The van der Waals surface area contributed by atoms with Gasteiger partial charge in [0, 0.05) is 49.5 Å². The van der Waals surface area contributed by atoms with Crippen LogP contribution in [0.25, 0.3) is 10.9 Å². The molecule has 5 nitrogen and oxygen atoms in total. The number of aliphatic carboxylic acids is 1. The molecule has 8 heteroatoms. The highest BCUT2D eigenvalue weighted by molar-refractivity contribution is 5.92. The smallest absolute Gasteiger partial charge is 0.416 e.